The fraction of sp³-hybridized carbons (Fsp3) is 0.111. The highest BCUT2D eigenvalue weighted by Crippen LogP contribution is 2.58. The van der Waals surface area contributed by atoms with Crippen LogP contribution in [0.15, 0.2) is 176 Å². The van der Waals surface area contributed by atoms with Gasteiger partial charge in [-0.25, -0.2) is 0 Å². The van der Waals surface area contributed by atoms with Gasteiger partial charge >= 0.3 is 0 Å². The maximum atomic E-state index is 6.96. The molecule has 0 saturated heterocycles. The Morgan fingerprint density at radius 1 is 0.351 bits per heavy atom. The van der Waals surface area contributed by atoms with Gasteiger partial charge in [-0.2, -0.15) is 0 Å². The van der Waals surface area contributed by atoms with Crippen molar-refractivity contribution in [3.8, 4) is 67.5 Å². The largest absolute Gasteiger partial charge is 0.449 e. The van der Waals surface area contributed by atoms with Crippen LogP contribution in [-0.4, -0.2) is 0 Å². The van der Waals surface area contributed by atoms with Gasteiger partial charge in [0.1, 0.15) is 0 Å². The first-order valence-electron chi connectivity index (χ1n) is 19.8. The summed E-state index contributed by atoms with van der Waals surface area (Å²) in [6.07, 6.45) is 0. The van der Waals surface area contributed by atoms with E-state index in [2.05, 4.69) is 202 Å². The minimum atomic E-state index is -0.135. The van der Waals surface area contributed by atoms with Crippen LogP contribution in [0.5, 0.6) is 23.0 Å². The SMILES string of the molecule is CC1(C)c2ccccc2-c2ccc(-c3ccccc3N(c3ccccc3)c3ccccc3-c3cccc4c3Oc3cc5c(cc3O4)C(C)(C)c3ccccc3-5)cc21. The minimum Gasteiger partial charge on any atom is -0.449 e. The number of nitrogens with zero attached hydrogens (tertiary/aromatic N) is 1. The zero-order chi connectivity index (χ0) is 38.5. The van der Waals surface area contributed by atoms with E-state index in [4.69, 9.17) is 9.47 Å². The summed E-state index contributed by atoms with van der Waals surface area (Å²) >= 11 is 0. The van der Waals surface area contributed by atoms with Crippen molar-refractivity contribution in [3.05, 3.63) is 198 Å². The maximum absolute atomic E-state index is 6.96. The van der Waals surface area contributed by atoms with Gasteiger partial charge in [-0.15, -0.1) is 0 Å². The van der Waals surface area contributed by atoms with Crippen molar-refractivity contribution in [1.82, 2.24) is 0 Å². The van der Waals surface area contributed by atoms with E-state index in [0.29, 0.717) is 11.5 Å². The van der Waals surface area contributed by atoms with E-state index in [-0.39, 0.29) is 10.8 Å². The molecule has 0 N–H and O–H groups in total. The van der Waals surface area contributed by atoms with Crippen molar-refractivity contribution in [3.63, 3.8) is 0 Å². The second kappa shape index (κ2) is 12.3. The number of hydrogen-bond acceptors (Lipinski definition) is 3. The van der Waals surface area contributed by atoms with Crippen LogP contribution in [0.25, 0.3) is 44.5 Å². The van der Waals surface area contributed by atoms with Crippen LogP contribution in [-0.2, 0) is 10.8 Å². The molecule has 0 atom stereocenters. The quantitative estimate of drug-likeness (QED) is 0.176. The lowest BCUT2D eigenvalue weighted by atomic mass is 9.81. The second-order valence-corrected chi connectivity index (χ2v) is 16.5. The molecular formula is C54H41NO2. The molecule has 0 radical (unpaired) electrons. The number of benzene rings is 8. The molecule has 274 valence electrons. The molecule has 0 saturated carbocycles. The number of para-hydroxylation sites is 4. The van der Waals surface area contributed by atoms with Gasteiger partial charge in [0.25, 0.3) is 0 Å². The molecule has 0 bridgehead atoms. The Morgan fingerprint density at radius 2 is 0.877 bits per heavy atom. The molecule has 11 rings (SSSR count). The molecule has 8 aromatic rings. The first-order valence-corrected chi connectivity index (χ1v) is 19.8. The number of rotatable bonds is 5. The molecule has 0 aromatic heterocycles. The van der Waals surface area contributed by atoms with E-state index in [0.717, 1.165) is 45.3 Å². The highest BCUT2D eigenvalue weighted by Gasteiger charge is 2.38. The predicted molar refractivity (Wildman–Crippen MR) is 234 cm³/mol. The second-order valence-electron chi connectivity index (χ2n) is 16.5. The van der Waals surface area contributed by atoms with E-state index < -0.39 is 0 Å². The molecule has 2 aliphatic carbocycles. The lowest BCUT2D eigenvalue weighted by Gasteiger charge is -2.31. The molecule has 8 aromatic carbocycles. The summed E-state index contributed by atoms with van der Waals surface area (Å²) < 4.78 is 13.7. The molecule has 1 aliphatic heterocycles. The summed E-state index contributed by atoms with van der Waals surface area (Å²) in [5.41, 5.74) is 17.7. The monoisotopic (exact) mass is 735 g/mol. The van der Waals surface area contributed by atoms with Crippen LogP contribution >= 0.6 is 0 Å². The Hall–Kier alpha value is -6.84. The van der Waals surface area contributed by atoms with Crippen molar-refractivity contribution in [2.75, 3.05) is 4.90 Å². The van der Waals surface area contributed by atoms with Crippen molar-refractivity contribution in [1.29, 1.82) is 0 Å². The Bertz CT molecular complexity index is 2920. The zero-order valence-electron chi connectivity index (χ0n) is 32.5. The number of hydrogen-bond donors (Lipinski definition) is 0. The molecule has 0 fully saturated rings. The first-order chi connectivity index (χ1) is 27.8. The average Bonchev–Trinajstić information content (AvgIpc) is 3.61. The van der Waals surface area contributed by atoms with E-state index in [9.17, 15) is 0 Å². The maximum Gasteiger partial charge on any atom is 0.178 e. The Morgan fingerprint density at radius 3 is 1.60 bits per heavy atom. The number of fused-ring (bicyclic) bond motifs is 8. The predicted octanol–water partition coefficient (Wildman–Crippen LogP) is 15.0. The lowest BCUT2D eigenvalue weighted by Crippen LogP contribution is -2.15. The molecule has 0 amide bonds. The van der Waals surface area contributed by atoms with Gasteiger partial charge in [0.15, 0.2) is 23.0 Å². The van der Waals surface area contributed by atoms with Gasteiger partial charge in [0, 0.05) is 33.2 Å². The van der Waals surface area contributed by atoms with E-state index >= 15 is 0 Å². The highest BCUT2D eigenvalue weighted by molar-refractivity contribution is 5.96. The number of anilines is 3. The van der Waals surface area contributed by atoms with E-state index in [1.165, 1.54) is 50.1 Å². The molecule has 1 heterocycles. The van der Waals surface area contributed by atoms with Crippen molar-refractivity contribution < 1.29 is 9.47 Å². The summed E-state index contributed by atoms with van der Waals surface area (Å²) in [5.74, 6) is 2.89. The van der Waals surface area contributed by atoms with E-state index in [1.807, 2.05) is 6.07 Å². The van der Waals surface area contributed by atoms with Gasteiger partial charge in [0.05, 0.1) is 11.4 Å². The standard InChI is InChI=1S/C54H41NO2/c1-53(2)43-24-12-8-20-37(43)39-30-29-34(31-45(39)53)36-19-10-14-26-47(36)55(35-17-6-5-7-18-35)48-27-15-11-22-40(48)41-23-16-28-49-52(41)57-50-32-42-38-21-9-13-25-44(38)54(3,4)46(42)33-51(50)56-49/h5-33H,1-4H3. The molecule has 0 unspecified atom stereocenters. The van der Waals surface area contributed by atoms with Crippen LogP contribution in [0.2, 0.25) is 0 Å². The lowest BCUT2D eigenvalue weighted by molar-refractivity contribution is 0.360. The Kier molecular flexibility index (Phi) is 7.25. The summed E-state index contributed by atoms with van der Waals surface area (Å²) in [5, 5.41) is 0. The van der Waals surface area contributed by atoms with Crippen molar-refractivity contribution in [2.24, 2.45) is 0 Å². The Balaban J connectivity index is 1.05. The third kappa shape index (κ3) is 4.98. The Labute approximate surface area is 334 Å². The number of ether oxygens (including phenoxy) is 2. The van der Waals surface area contributed by atoms with Gasteiger partial charge in [-0.05, 0) is 98.6 Å². The van der Waals surface area contributed by atoms with Crippen LogP contribution in [0.3, 0.4) is 0 Å². The third-order valence-electron chi connectivity index (χ3n) is 12.5. The molecule has 57 heavy (non-hydrogen) atoms. The molecular weight excluding hydrogens is 695 g/mol. The molecule has 3 nitrogen and oxygen atoms in total. The fourth-order valence-corrected chi connectivity index (χ4v) is 9.68. The molecule has 3 heteroatoms. The van der Waals surface area contributed by atoms with Crippen LogP contribution in [0.4, 0.5) is 17.1 Å². The van der Waals surface area contributed by atoms with Crippen LogP contribution < -0.4 is 14.4 Å². The third-order valence-corrected chi connectivity index (χ3v) is 12.5. The molecule has 0 spiro atoms. The van der Waals surface area contributed by atoms with Crippen LogP contribution in [0.1, 0.15) is 49.9 Å². The summed E-state index contributed by atoms with van der Waals surface area (Å²) in [4.78, 5) is 2.39. The highest BCUT2D eigenvalue weighted by atomic mass is 16.6. The van der Waals surface area contributed by atoms with Crippen molar-refractivity contribution in [2.45, 2.75) is 38.5 Å². The van der Waals surface area contributed by atoms with Gasteiger partial charge in [-0.1, -0.05) is 155 Å². The topological polar surface area (TPSA) is 21.7 Å². The first kappa shape index (κ1) is 33.5. The minimum absolute atomic E-state index is 0.102. The normalized spacial score (nSPS) is 14.5. The van der Waals surface area contributed by atoms with Crippen molar-refractivity contribution >= 4 is 17.1 Å². The average molecular weight is 736 g/mol. The summed E-state index contributed by atoms with van der Waals surface area (Å²) in [6, 6.07) is 63.2. The van der Waals surface area contributed by atoms with Gasteiger partial charge in [-0.3, -0.25) is 0 Å². The zero-order valence-corrected chi connectivity index (χ0v) is 32.5. The smallest absolute Gasteiger partial charge is 0.178 e. The summed E-state index contributed by atoms with van der Waals surface area (Å²) in [6.45, 7) is 9.27. The van der Waals surface area contributed by atoms with Crippen LogP contribution in [0, 0.1) is 0 Å². The van der Waals surface area contributed by atoms with Gasteiger partial charge in [0.2, 0.25) is 0 Å². The molecule has 3 aliphatic rings. The van der Waals surface area contributed by atoms with E-state index in [1.54, 1.807) is 0 Å². The van der Waals surface area contributed by atoms with Gasteiger partial charge < -0.3 is 14.4 Å². The summed E-state index contributed by atoms with van der Waals surface area (Å²) in [7, 11) is 0. The fourth-order valence-electron chi connectivity index (χ4n) is 9.68.